The van der Waals surface area contributed by atoms with Crippen LogP contribution in [0.4, 0.5) is 13.2 Å². The van der Waals surface area contributed by atoms with Gasteiger partial charge in [0.25, 0.3) is 0 Å². The smallest absolute Gasteiger partial charge is 0.416 e. The van der Waals surface area contributed by atoms with Gasteiger partial charge in [-0.25, -0.2) is 4.98 Å². The molecule has 0 aliphatic heterocycles. The number of benzene rings is 3. The van der Waals surface area contributed by atoms with E-state index in [1.54, 1.807) is 20.3 Å². The second kappa shape index (κ2) is 7.85. The van der Waals surface area contributed by atoms with Crippen LogP contribution in [0.25, 0.3) is 44.3 Å². The molecule has 0 saturated heterocycles. The van der Waals surface area contributed by atoms with Gasteiger partial charge in [0.15, 0.2) is 11.5 Å². The van der Waals surface area contributed by atoms with Crippen LogP contribution < -0.4 is 9.47 Å². The summed E-state index contributed by atoms with van der Waals surface area (Å²) >= 11 is 0. The average Bonchev–Trinajstić information content (AvgIpc) is 3.20. The molecule has 4 nitrogen and oxygen atoms in total. The van der Waals surface area contributed by atoms with Crippen LogP contribution in [-0.2, 0) is 6.18 Å². The van der Waals surface area contributed by atoms with Crippen molar-refractivity contribution in [3.8, 4) is 33.9 Å². The monoisotopic (exact) mass is 448 g/mol. The zero-order valence-electron chi connectivity index (χ0n) is 17.8. The molecule has 3 aromatic carbocycles. The molecular formula is C26H19F3N2O2. The molecule has 0 amide bonds. The maximum absolute atomic E-state index is 13.3. The molecule has 2 aromatic heterocycles. The van der Waals surface area contributed by atoms with Crippen LogP contribution in [0, 0.1) is 0 Å². The highest BCUT2D eigenvalue weighted by Crippen LogP contribution is 2.40. The van der Waals surface area contributed by atoms with E-state index in [0.717, 1.165) is 34.2 Å². The van der Waals surface area contributed by atoms with E-state index in [9.17, 15) is 13.2 Å². The van der Waals surface area contributed by atoms with Crippen LogP contribution in [0.1, 0.15) is 5.56 Å². The van der Waals surface area contributed by atoms with E-state index in [4.69, 9.17) is 14.5 Å². The van der Waals surface area contributed by atoms with Crippen LogP contribution >= 0.6 is 0 Å². The number of alkyl halides is 3. The fourth-order valence-corrected chi connectivity index (χ4v) is 4.07. The topological polar surface area (TPSA) is 47.1 Å². The summed E-state index contributed by atoms with van der Waals surface area (Å²) in [6.07, 6.45) is -4.42. The lowest BCUT2D eigenvalue weighted by Gasteiger charge is -2.11. The van der Waals surface area contributed by atoms with Gasteiger partial charge in [0.05, 0.1) is 25.5 Å². The third kappa shape index (κ3) is 3.65. The molecular weight excluding hydrogens is 429 g/mol. The summed E-state index contributed by atoms with van der Waals surface area (Å²) in [5.74, 6) is 1.15. The van der Waals surface area contributed by atoms with E-state index in [1.807, 2.05) is 48.5 Å². The molecule has 1 N–H and O–H groups in total. The maximum atomic E-state index is 13.3. The number of pyridine rings is 1. The number of hydrogen-bond donors (Lipinski definition) is 1. The lowest BCUT2D eigenvalue weighted by molar-refractivity contribution is -0.137. The van der Waals surface area contributed by atoms with Gasteiger partial charge < -0.3 is 14.5 Å². The summed E-state index contributed by atoms with van der Waals surface area (Å²) in [6, 6.07) is 20.9. The first kappa shape index (κ1) is 20.9. The Kier molecular flexibility index (Phi) is 4.96. The fraction of sp³-hybridized carbons (Fsp3) is 0.115. The van der Waals surface area contributed by atoms with Gasteiger partial charge in [-0.1, -0.05) is 36.4 Å². The standard InChI is InChI=1S/C26H19F3N2O2/c1-32-22-11-8-16(12-23(22)33-2)20-14-19(15-6-4-3-5-7-15)24-18-10-9-17(26(27,28)29)13-21(18)31-25(24)30-20/h3-14H,1-2H3,(H,30,31). The number of halogens is 3. The second-order valence-electron chi connectivity index (χ2n) is 7.60. The van der Waals surface area contributed by atoms with Gasteiger partial charge in [-0.15, -0.1) is 0 Å². The Balaban J connectivity index is 1.80. The van der Waals surface area contributed by atoms with Crippen LogP contribution in [-0.4, -0.2) is 24.2 Å². The Morgan fingerprint density at radius 1 is 0.788 bits per heavy atom. The number of ether oxygens (including phenoxy) is 2. The van der Waals surface area contributed by atoms with Crippen molar-refractivity contribution in [3.05, 3.63) is 78.4 Å². The summed E-state index contributed by atoms with van der Waals surface area (Å²) in [6.45, 7) is 0. The van der Waals surface area contributed by atoms with E-state index >= 15 is 0 Å². The minimum absolute atomic E-state index is 0.383. The molecule has 2 heterocycles. The third-order valence-electron chi connectivity index (χ3n) is 5.65. The molecule has 0 atom stereocenters. The van der Waals surface area contributed by atoms with E-state index in [1.165, 1.54) is 6.07 Å². The summed E-state index contributed by atoms with van der Waals surface area (Å²) in [5, 5.41) is 1.46. The van der Waals surface area contributed by atoms with Crippen molar-refractivity contribution >= 4 is 21.9 Å². The maximum Gasteiger partial charge on any atom is 0.416 e. The van der Waals surface area contributed by atoms with Crippen LogP contribution in [0.5, 0.6) is 11.5 Å². The highest BCUT2D eigenvalue weighted by Gasteiger charge is 2.31. The zero-order valence-corrected chi connectivity index (χ0v) is 17.8. The summed E-state index contributed by atoms with van der Waals surface area (Å²) in [5.41, 5.74) is 3.45. The minimum Gasteiger partial charge on any atom is -0.493 e. The molecule has 33 heavy (non-hydrogen) atoms. The van der Waals surface area contributed by atoms with Crippen LogP contribution in [0.15, 0.2) is 72.8 Å². The number of fused-ring (bicyclic) bond motifs is 3. The quantitative estimate of drug-likeness (QED) is 0.319. The first-order chi connectivity index (χ1) is 15.9. The van der Waals surface area contributed by atoms with Crippen molar-refractivity contribution in [2.45, 2.75) is 6.18 Å². The highest BCUT2D eigenvalue weighted by molar-refractivity contribution is 6.13. The number of methoxy groups -OCH3 is 2. The van der Waals surface area contributed by atoms with Crippen molar-refractivity contribution in [1.82, 2.24) is 9.97 Å². The number of nitrogens with zero attached hydrogens (tertiary/aromatic N) is 1. The summed E-state index contributed by atoms with van der Waals surface area (Å²) in [7, 11) is 3.12. The average molecular weight is 448 g/mol. The molecule has 5 aromatic rings. The minimum atomic E-state index is -4.42. The number of rotatable bonds is 4. The highest BCUT2D eigenvalue weighted by atomic mass is 19.4. The van der Waals surface area contributed by atoms with Gasteiger partial charge in [0, 0.05) is 21.9 Å². The number of aromatic amines is 1. The van der Waals surface area contributed by atoms with Crippen molar-refractivity contribution in [2.24, 2.45) is 0 Å². The molecule has 5 rings (SSSR count). The normalized spacial score (nSPS) is 11.8. The molecule has 0 saturated carbocycles. The van der Waals surface area contributed by atoms with Gasteiger partial charge >= 0.3 is 6.18 Å². The number of hydrogen-bond acceptors (Lipinski definition) is 3. The third-order valence-corrected chi connectivity index (χ3v) is 5.65. The van der Waals surface area contributed by atoms with Crippen LogP contribution in [0.2, 0.25) is 0 Å². The summed E-state index contributed by atoms with van der Waals surface area (Å²) in [4.78, 5) is 7.85. The van der Waals surface area contributed by atoms with Gasteiger partial charge in [-0.3, -0.25) is 0 Å². The molecule has 166 valence electrons. The SMILES string of the molecule is COc1ccc(-c2cc(-c3ccccc3)c3c(n2)[nH]c2cc(C(F)(F)F)ccc23)cc1OC. The van der Waals surface area contributed by atoms with Crippen LogP contribution in [0.3, 0.4) is 0 Å². The van der Waals surface area contributed by atoms with E-state index in [2.05, 4.69) is 4.98 Å². The Labute approximate surface area is 187 Å². The summed E-state index contributed by atoms with van der Waals surface area (Å²) < 4.78 is 50.6. The largest absolute Gasteiger partial charge is 0.493 e. The molecule has 0 radical (unpaired) electrons. The Morgan fingerprint density at radius 2 is 1.55 bits per heavy atom. The van der Waals surface area contributed by atoms with Crippen molar-refractivity contribution in [2.75, 3.05) is 14.2 Å². The molecule has 0 spiro atoms. The van der Waals surface area contributed by atoms with E-state index < -0.39 is 11.7 Å². The van der Waals surface area contributed by atoms with Gasteiger partial charge in [-0.05, 0) is 47.5 Å². The zero-order chi connectivity index (χ0) is 23.2. The van der Waals surface area contributed by atoms with Crippen molar-refractivity contribution in [1.29, 1.82) is 0 Å². The Morgan fingerprint density at radius 3 is 2.24 bits per heavy atom. The van der Waals surface area contributed by atoms with Gasteiger partial charge in [0.2, 0.25) is 0 Å². The number of nitrogens with one attached hydrogen (secondary N) is 1. The predicted octanol–water partition coefficient (Wildman–Crippen LogP) is 7.09. The fourth-order valence-electron chi connectivity index (χ4n) is 4.07. The molecule has 0 bridgehead atoms. The first-order valence-corrected chi connectivity index (χ1v) is 10.2. The molecule has 7 heteroatoms. The first-order valence-electron chi connectivity index (χ1n) is 10.2. The molecule has 0 unspecified atom stereocenters. The second-order valence-corrected chi connectivity index (χ2v) is 7.60. The molecule has 0 aliphatic rings. The molecule has 0 aliphatic carbocycles. The predicted molar refractivity (Wildman–Crippen MR) is 123 cm³/mol. The van der Waals surface area contributed by atoms with Gasteiger partial charge in [-0.2, -0.15) is 13.2 Å². The van der Waals surface area contributed by atoms with E-state index in [0.29, 0.717) is 33.7 Å². The van der Waals surface area contributed by atoms with Crippen molar-refractivity contribution < 1.29 is 22.6 Å². The lowest BCUT2D eigenvalue weighted by atomic mass is 9.98. The Hall–Kier alpha value is -4.00. The lowest BCUT2D eigenvalue weighted by Crippen LogP contribution is -2.03. The number of aromatic nitrogens is 2. The van der Waals surface area contributed by atoms with E-state index in [-0.39, 0.29) is 0 Å². The van der Waals surface area contributed by atoms with Crippen molar-refractivity contribution in [3.63, 3.8) is 0 Å². The molecule has 0 fully saturated rings. The number of H-pyrrole nitrogens is 1. The Bertz CT molecular complexity index is 1470. The van der Waals surface area contributed by atoms with Gasteiger partial charge in [0.1, 0.15) is 5.65 Å².